The molecule has 0 fully saturated rings. The third-order valence-corrected chi connectivity index (χ3v) is 2.77. The Labute approximate surface area is 110 Å². The number of aromatic amines is 1. The summed E-state index contributed by atoms with van der Waals surface area (Å²) < 4.78 is 0. The SMILES string of the molecule is C[C@](N)(Cc1ccc(Nc2ncc[nH]2)cc1)C(=O)O. The zero-order valence-corrected chi connectivity index (χ0v) is 10.6. The summed E-state index contributed by atoms with van der Waals surface area (Å²) in [7, 11) is 0. The molecule has 0 saturated carbocycles. The molecule has 0 bridgehead atoms. The van der Waals surface area contributed by atoms with Crippen LogP contribution in [-0.4, -0.2) is 26.6 Å². The molecule has 0 aliphatic rings. The summed E-state index contributed by atoms with van der Waals surface area (Å²) in [6, 6.07) is 7.41. The van der Waals surface area contributed by atoms with Gasteiger partial charge in [0.25, 0.3) is 0 Å². The van der Waals surface area contributed by atoms with Crippen molar-refractivity contribution in [2.45, 2.75) is 18.9 Å². The van der Waals surface area contributed by atoms with Crippen molar-refractivity contribution < 1.29 is 9.90 Å². The zero-order valence-electron chi connectivity index (χ0n) is 10.6. The predicted molar refractivity (Wildman–Crippen MR) is 72.2 cm³/mol. The van der Waals surface area contributed by atoms with Crippen LogP contribution in [0.3, 0.4) is 0 Å². The molecule has 0 spiro atoms. The Kier molecular flexibility index (Phi) is 3.52. The minimum absolute atomic E-state index is 0.281. The highest BCUT2D eigenvalue weighted by Crippen LogP contribution is 2.16. The van der Waals surface area contributed by atoms with Crippen molar-refractivity contribution in [3.63, 3.8) is 0 Å². The Balaban J connectivity index is 2.04. The average molecular weight is 260 g/mol. The molecule has 0 aliphatic carbocycles. The first-order valence-electron chi connectivity index (χ1n) is 5.85. The van der Waals surface area contributed by atoms with Crippen molar-refractivity contribution in [3.05, 3.63) is 42.2 Å². The second-order valence-corrected chi connectivity index (χ2v) is 4.66. The van der Waals surface area contributed by atoms with Gasteiger partial charge in [0.1, 0.15) is 5.54 Å². The molecule has 0 radical (unpaired) electrons. The second-order valence-electron chi connectivity index (χ2n) is 4.66. The largest absolute Gasteiger partial charge is 0.480 e. The monoisotopic (exact) mass is 260 g/mol. The molecular formula is C13H16N4O2. The van der Waals surface area contributed by atoms with Gasteiger partial charge in [-0.15, -0.1) is 0 Å². The van der Waals surface area contributed by atoms with E-state index in [2.05, 4.69) is 15.3 Å². The number of benzene rings is 1. The van der Waals surface area contributed by atoms with E-state index in [9.17, 15) is 4.79 Å². The van der Waals surface area contributed by atoms with E-state index in [4.69, 9.17) is 10.8 Å². The molecule has 19 heavy (non-hydrogen) atoms. The van der Waals surface area contributed by atoms with E-state index >= 15 is 0 Å². The molecule has 100 valence electrons. The number of aliphatic carboxylic acids is 1. The Morgan fingerprint density at radius 3 is 2.68 bits per heavy atom. The van der Waals surface area contributed by atoms with Crippen molar-refractivity contribution in [2.75, 3.05) is 5.32 Å². The molecule has 0 unspecified atom stereocenters. The normalized spacial score (nSPS) is 13.8. The van der Waals surface area contributed by atoms with E-state index in [0.29, 0.717) is 5.95 Å². The average Bonchev–Trinajstić information content (AvgIpc) is 2.84. The van der Waals surface area contributed by atoms with Crippen molar-refractivity contribution in [1.82, 2.24) is 9.97 Å². The van der Waals surface area contributed by atoms with Crippen molar-refractivity contribution in [3.8, 4) is 0 Å². The summed E-state index contributed by atoms with van der Waals surface area (Å²) in [4.78, 5) is 17.9. The molecule has 0 amide bonds. The van der Waals surface area contributed by atoms with E-state index in [-0.39, 0.29) is 6.42 Å². The highest BCUT2D eigenvalue weighted by Gasteiger charge is 2.27. The summed E-state index contributed by atoms with van der Waals surface area (Å²) in [5.41, 5.74) is 6.20. The highest BCUT2D eigenvalue weighted by molar-refractivity contribution is 5.78. The van der Waals surface area contributed by atoms with Gasteiger partial charge in [0, 0.05) is 24.5 Å². The first-order chi connectivity index (χ1) is 8.97. The number of carboxylic acid groups (broad SMARTS) is 1. The van der Waals surface area contributed by atoms with Gasteiger partial charge in [0.2, 0.25) is 5.95 Å². The topological polar surface area (TPSA) is 104 Å². The van der Waals surface area contributed by atoms with Crippen LogP contribution in [0.2, 0.25) is 0 Å². The maximum absolute atomic E-state index is 11.0. The second kappa shape index (κ2) is 5.11. The van der Waals surface area contributed by atoms with Crippen LogP contribution in [0.4, 0.5) is 11.6 Å². The van der Waals surface area contributed by atoms with Crippen LogP contribution < -0.4 is 11.1 Å². The van der Waals surface area contributed by atoms with Crippen molar-refractivity contribution >= 4 is 17.6 Å². The standard InChI is InChI=1S/C13H16N4O2/c1-13(14,11(18)19)8-9-2-4-10(5-3-9)17-12-15-6-7-16-12/h2-7H,8,14H2,1H3,(H,18,19)(H2,15,16,17)/t13-/m0/s1. The Morgan fingerprint density at radius 2 is 2.16 bits per heavy atom. The molecule has 1 aromatic heterocycles. The maximum Gasteiger partial charge on any atom is 0.323 e. The fraction of sp³-hybridized carbons (Fsp3) is 0.231. The number of aromatic nitrogens is 2. The van der Waals surface area contributed by atoms with Gasteiger partial charge in [-0.05, 0) is 24.6 Å². The summed E-state index contributed by atoms with van der Waals surface area (Å²) in [6.45, 7) is 1.50. The molecule has 1 atom stereocenters. The molecule has 0 aliphatic heterocycles. The summed E-state index contributed by atoms with van der Waals surface area (Å²) in [6.07, 6.45) is 3.66. The number of carbonyl (C=O) groups is 1. The number of anilines is 2. The van der Waals surface area contributed by atoms with Crippen molar-refractivity contribution in [1.29, 1.82) is 0 Å². The number of rotatable bonds is 5. The van der Waals surface area contributed by atoms with Gasteiger partial charge in [-0.2, -0.15) is 0 Å². The number of hydrogen-bond donors (Lipinski definition) is 4. The number of hydrogen-bond acceptors (Lipinski definition) is 4. The fourth-order valence-electron chi connectivity index (χ4n) is 1.68. The van der Waals surface area contributed by atoms with Gasteiger partial charge < -0.3 is 21.1 Å². The van der Waals surface area contributed by atoms with Crippen LogP contribution in [0.1, 0.15) is 12.5 Å². The van der Waals surface area contributed by atoms with Gasteiger partial charge in [-0.3, -0.25) is 4.79 Å². The molecule has 5 N–H and O–H groups in total. The molecular weight excluding hydrogens is 244 g/mol. The van der Waals surface area contributed by atoms with Crippen LogP contribution in [-0.2, 0) is 11.2 Å². The summed E-state index contributed by atoms with van der Waals surface area (Å²) in [5, 5.41) is 12.1. The van der Waals surface area contributed by atoms with Gasteiger partial charge in [-0.1, -0.05) is 12.1 Å². The Hall–Kier alpha value is -2.34. The van der Waals surface area contributed by atoms with Crippen molar-refractivity contribution in [2.24, 2.45) is 5.73 Å². The van der Waals surface area contributed by atoms with E-state index in [1.807, 2.05) is 24.3 Å². The lowest BCUT2D eigenvalue weighted by atomic mass is 9.94. The van der Waals surface area contributed by atoms with Crippen LogP contribution in [0.25, 0.3) is 0 Å². The van der Waals surface area contributed by atoms with Crippen LogP contribution in [0, 0.1) is 0 Å². The molecule has 6 heteroatoms. The van der Waals surface area contributed by atoms with E-state index in [1.165, 1.54) is 6.92 Å². The number of H-pyrrole nitrogens is 1. The fourth-order valence-corrected chi connectivity index (χ4v) is 1.68. The highest BCUT2D eigenvalue weighted by atomic mass is 16.4. The van der Waals surface area contributed by atoms with E-state index in [0.717, 1.165) is 11.3 Å². The molecule has 1 aromatic carbocycles. The van der Waals surface area contributed by atoms with Gasteiger partial charge in [0.15, 0.2) is 0 Å². The molecule has 0 saturated heterocycles. The quantitative estimate of drug-likeness (QED) is 0.652. The number of nitrogens with zero attached hydrogens (tertiary/aromatic N) is 1. The lowest BCUT2D eigenvalue weighted by Crippen LogP contribution is -2.46. The van der Waals surface area contributed by atoms with Crippen LogP contribution in [0.15, 0.2) is 36.7 Å². The zero-order chi connectivity index (χ0) is 13.9. The minimum Gasteiger partial charge on any atom is -0.480 e. The van der Waals surface area contributed by atoms with Gasteiger partial charge >= 0.3 is 5.97 Å². The van der Waals surface area contributed by atoms with Gasteiger partial charge in [-0.25, -0.2) is 4.98 Å². The number of carboxylic acids is 1. The Bertz CT molecular complexity index is 547. The third-order valence-electron chi connectivity index (χ3n) is 2.77. The molecule has 2 aromatic rings. The number of nitrogens with two attached hydrogens (primary N) is 1. The number of nitrogens with one attached hydrogen (secondary N) is 2. The smallest absolute Gasteiger partial charge is 0.323 e. The number of imidazole rings is 1. The van der Waals surface area contributed by atoms with Crippen LogP contribution in [0.5, 0.6) is 0 Å². The third kappa shape index (κ3) is 3.32. The first-order valence-corrected chi connectivity index (χ1v) is 5.85. The maximum atomic E-state index is 11.0. The molecule has 6 nitrogen and oxygen atoms in total. The van der Waals surface area contributed by atoms with Gasteiger partial charge in [0.05, 0.1) is 0 Å². The molecule has 1 heterocycles. The first kappa shape index (κ1) is 13.1. The molecule has 2 rings (SSSR count). The lowest BCUT2D eigenvalue weighted by Gasteiger charge is -2.19. The summed E-state index contributed by atoms with van der Waals surface area (Å²) >= 11 is 0. The minimum atomic E-state index is -1.25. The summed E-state index contributed by atoms with van der Waals surface area (Å²) in [5.74, 6) is -0.354. The lowest BCUT2D eigenvalue weighted by molar-refractivity contribution is -0.142. The van der Waals surface area contributed by atoms with E-state index < -0.39 is 11.5 Å². The van der Waals surface area contributed by atoms with Crippen LogP contribution >= 0.6 is 0 Å². The predicted octanol–water partition coefficient (Wildman–Crippen LogP) is 1.50. The Morgan fingerprint density at radius 1 is 1.47 bits per heavy atom. The van der Waals surface area contributed by atoms with E-state index in [1.54, 1.807) is 12.4 Å².